The predicted octanol–water partition coefficient (Wildman–Crippen LogP) is -0.127. The molecule has 5 heteroatoms. The highest BCUT2D eigenvalue weighted by Gasteiger charge is 2.18. The van der Waals surface area contributed by atoms with Gasteiger partial charge in [0.15, 0.2) is 0 Å². The molecule has 0 aromatic heterocycles. The van der Waals surface area contributed by atoms with Gasteiger partial charge in [0.05, 0.1) is 18.7 Å². The lowest BCUT2D eigenvalue weighted by atomic mass is 10.0. The molecule has 0 bridgehead atoms. The lowest BCUT2D eigenvalue weighted by Crippen LogP contribution is -2.47. The minimum atomic E-state index is -0.488. The van der Waals surface area contributed by atoms with E-state index in [0.717, 1.165) is 0 Å². The molecule has 0 aromatic carbocycles. The monoisotopic (exact) mass is 232 g/mol. The number of nitrogens with one attached hydrogen (secondary N) is 1. The molecule has 16 heavy (non-hydrogen) atoms. The van der Waals surface area contributed by atoms with Crippen LogP contribution in [0.3, 0.4) is 0 Å². The second-order valence-corrected chi connectivity index (χ2v) is 4.41. The molecule has 2 atom stereocenters. The lowest BCUT2D eigenvalue weighted by Gasteiger charge is -2.20. The van der Waals surface area contributed by atoms with E-state index in [1.165, 1.54) is 0 Å². The summed E-state index contributed by atoms with van der Waals surface area (Å²) in [7, 11) is 1.56. The first kappa shape index (κ1) is 15.3. The standard InChI is InChI=1S/C11H24N2O3/c1-8(2)6-10(12)11(15)13-9(4-5-14)7-16-3/h8-10,14H,4-7,12H2,1-3H3,(H,13,15)/t9?,10-/m1/s1. The molecule has 0 rings (SSSR count). The summed E-state index contributed by atoms with van der Waals surface area (Å²) >= 11 is 0. The quantitative estimate of drug-likeness (QED) is 0.544. The van der Waals surface area contributed by atoms with Gasteiger partial charge in [0.1, 0.15) is 0 Å². The Hall–Kier alpha value is -0.650. The molecule has 0 aromatic rings. The van der Waals surface area contributed by atoms with Crippen molar-refractivity contribution in [3.8, 4) is 0 Å². The maximum atomic E-state index is 11.7. The molecule has 1 unspecified atom stereocenters. The number of carbonyl (C=O) groups is 1. The lowest BCUT2D eigenvalue weighted by molar-refractivity contribution is -0.123. The third kappa shape index (κ3) is 6.76. The van der Waals surface area contributed by atoms with Crippen molar-refractivity contribution in [1.82, 2.24) is 5.32 Å². The van der Waals surface area contributed by atoms with Crippen LogP contribution in [-0.4, -0.2) is 43.4 Å². The van der Waals surface area contributed by atoms with E-state index >= 15 is 0 Å². The van der Waals surface area contributed by atoms with E-state index in [4.69, 9.17) is 15.6 Å². The van der Waals surface area contributed by atoms with Crippen molar-refractivity contribution in [3.63, 3.8) is 0 Å². The summed E-state index contributed by atoms with van der Waals surface area (Å²) in [4.78, 5) is 11.7. The van der Waals surface area contributed by atoms with Crippen LogP contribution in [0.1, 0.15) is 26.7 Å². The SMILES string of the molecule is COCC(CCO)NC(=O)[C@H](N)CC(C)C. The average molecular weight is 232 g/mol. The van der Waals surface area contributed by atoms with Gasteiger partial charge in [-0.25, -0.2) is 0 Å². The Labute approximate surface area is 97.3 Å². The van der Waals surface area contributed by atoms with Gasteiger partial charge in [-0.15, -0.1) is 0 Å². The number of rotatable bonds is 8. The normalized spacial score (nSPS) is 14.9. The summed E-state index contributed by atoms with van der Waals surface area (Å²) in [5, 5.41) is 11.6. The molecule has 0 aliphatic carbocycles. The van der Waals surface area contributed by atoms with Crippen molar-refractivity contribution in [2.75, 3.05) is 20.3 Å². The molecule has 5 nitrogen and oxygen atoms in total. The molecule has 0 aliphatic heterocycles. The summed E-state index contributed by atoms with van der Waals surface area (Å²) in [6.45, 7) is 4.45. The van der Waals surface area contributed by atoms with Crippen LogP contribution in [0.25, 0.3) is 0 Å². The number of nitrogens with two attached hydrogens (primary N) is 1. The average Bonchev–Trinajstić information content (AvgIpc) is 2.17. The molecule has 0 saturated carbocycles. The number of hydrogen-bond acceptors (Lipinski definition) is 4. The molecule has 0 radical (unpaired) electrons. The number of ether oxygens (including phenoxy) is 1. The molecule has 0 aliphatic rings. The highest BCUT2D eigenvalue weighted by Crippen LogP contribution is 2.03. The van der Waals surface area contributed by atoms with Gasteiger partial charge in [-0.05, 0) is 18.8 Å². The summed E-state index contributed by atoms with van der Waals surface area (Å²) in [6.07, 6.45) is 1.14. The molecule has 0 saturated heterocycles. The molecular formula is C11H24N2O3. The first-order chi connectivity index (χ1) is 7.51. The minimum Gasteiger partial charge on any atom is -0.396 e. The highest BCUT2D eigenvalue weighted by atomic mass is 16.5. The van der Waals surface area contributed by atoms with E-state index in [1.807, 2.05) is 13.8 Å². The van der Waals surface area contributed by atoms with E-state index in [-0.39, 0.29) is 18.6 Å². The Morgan fingerprint density at radius 1 is 1.50 bits per heavy atom. The Morgan fingerprint density at radius 2 is 2.12 bits per heavy atom. The number of carbonyl (C=O) groups excluding carboxylic acids is 1. The second kappa shape index (κ2) is 8.50. The largest absolute Gasteiger partial charge is 0.396 e. The Morgan fingerprint density at radius 3 is 2.56 bits per heavy atom. The van der Waals surface area contributed by atoms with E-state index in [1.54, 1.807) is 7.11 Å². The smallest absolute Gasteiger partial charge is 0.237 e. The molecular weight excluding hydrogens is 208 g/mol. The van der Waals surface area contributed by atoms with Crippen LogP contribution < -0.4 is 11.1 Å². The van der Waals surface area contributed by atoms with Crippen LogP contribution in [0.2, 0.25) is 0 Å². The van der Waals surface area contributed by atoms with E-state index in [0.29, 0.717) is 25.4 Å². The van der Waals surface area contributed by atoms with Crippen LogP contribution in [0.5, 0.6) is 0 Å². The minimum absolute atomic E-state index is 0.0216. The summed E-state index contributed by atoms with van der Waals surface area (Å²) < 4.78 is 4.95. The number of aliphatic hydroxyl groups is 1. The zero-order chi connectivity index (χ0) is 12.6. The first-order valence-electron chi connectivity index (χ1n) is 5.67. The maximum Gasteiger partial charge on any atom is 0.237 e. The number of hydrogen-bond donors (Lipinski definition) is 3. The third-order valence-electron chi connectivity index (χ3n) is 2.25. The van der Waals surface area contributed by atoms with Crippen LogP contribution in [-0.2, 0) is 9.53 Å². The zero-order valence-electron chi connectivity index (χ0n) is 10.4. The second-order valence-electron chi connectivity index (χ2n) is 4.41. The fraction of sp³-hybridized carbons (Fsp3) is 0.909. The van der Waals surface area contributed by atoms with E-state index in [9.17, 15) is 4.79 Å². The van der Waals surface area contributed by atoms with Crippen LogP contribution in [0.15, 0.2) is 0 Å². The predicted molar refractivity (Wildman–Crippen MR) is 62.9 cm³/mol. The van der Waals surface area contributed by atoms with Gasteiger partial charge in [-0.1, -0.05) is 13.8 Å². The van der Waals surface area contributed by atoms with Gasteiger partial charge >= 0.3 is 0 Å². The van der Waals surface area contributed by atoms with Crippen LogP contribution in [0.4, 0.5) is 0 Å². The van der Waals surface area contributed by atoms with Crippen molar-refractivity contribution >= 4 is 5.91 Å². The van der Waals surface area contributed by atoms with Gasteiger partial charge in [-0.3, -0.25) is 4.79 Å². The van der Waals surface area contributed by atoms with Crippen LogP contribution >= 0.6 is 0 Å². The van der Waals surface area contributed by atoms with Gasteiger partial charge in [0.25, 0.3) is 0 Å². The topological polar surface area (TPSA) is 84.6 Å². The highest BCUT2D eigenvalue weighted by molar-refractivity contribution is 5.81. The molecule has 4 N–H and O–H groups in total. The van der Waals surface area contributed by atoms with Crippen molar-refractivity contribution in [3.05, 3.63) is 0 Å². The maximum absolute atomic E-state index is 11.7. The molecule has 96 valence electrons. The van der Waals surface area contributed by atoms with Gasteiger partial charge in [-0.2, -0.15) is 0 Å². The molecule has 1 amide bonds. The zero-order valence-corrected chi connectivity index (χ0v) is 10.4. The third-order valence-corrected chi connectivity index (χ3v) is 2.25. The molecule has 0 fully saturated rings. The van der Waals surface area contributed by atoms with Crippen LogP contribution in [0, 0.1) is 5.92 Å². The molecule has 0 heterocycles. The summed E-state index contributed by atoms with van der Waals surface area (Å²) in [6, 6.07) is -0.654. The number of aliphatic hydroxyl groups excluding tert-OH is 1. The van der Waals surface area contributed by atoms with Gasteiger partial charge in [0, 0.05) is 13.7 Å². The number of methoxy groups -OCH3 is 1. The van der Waals surface area contributed by atoms with E-state index in [2.05, 4.69) is 5.32 Å². The number of amides is 1. The van der Waals surface area contributed by atoms with Gasteiger partial charge in [0.2, 0.25) is 5.91 Å². The fourth-order valence-corrected chi connectivity index (χ4v) is 1.48. The Kier molecular flexibility index (Phi) is 8.15. The van der Waals surface area contributed by atoms with Crippen molar-refractivity contribution in [2.24, 2.45) is 11.7 Å². The van der Waals surface area contributed by atoms with Gasteiger partial charge < -0.3 is 20.9 Å². The van der Waals surface area contributed by atoms with Crippen molar-refractivity contribution in [2.45, 2.75) is 38.8 Å². The Bertz CT molecular complexity index is 192. The Balaban J connectivity index is 4.06. The van der Waals surface area contributed by atoms with E-state index < -0.39 is 6.04 Å². The fourth-order valence-electron chi connectivity index (χ4n) is 1.48. The first-order valence-corrected chi connectivity index (χ1v) is 5.67. The summed E-state index contributed by atoms with van der Waals surface area (Å²) in [5.74, 6) is 0.212. The van der Waals surface area contributed by atoms with Crippen molar-refractivity contribution < 1.29 is 14.6 Å². The van der Waals surface area contributed by atoms with Crippen molar-refractivity contribution in [1.29, 1.82) is 0 Å². The molecule has 0 spiro atoms. The summed E-state index contributed by atoms with van der Waals surface area (Å²) in [5.41, 5.74) is 5.74.